The van der Waals surface area contributed by atoms with Crippen molar-refractivity contribution in [3.63, 3.8) is 0 Å². The topological polar surface area (TPSA) is 9.23 Å². The van der Waals surface area contributed by atoms with Gasteiger partial charge in [-0.1, -0.05) is 59.1 Å². The van der Waals surface area contributed by atoms with Crippen molar-refractivity contribution in [2.75, 3.05) is 18.5 Å². The van der Waals surface area contributed by atoms with Gasteiger partial charge in [0.15, 0.2) is 0 Å². The highest BCUT2D eigenvalue weighted by Gasteiger charge is 1.93. The molecule has 1 aromatic rings. The molecular formula is C14H21BrO. The summed E-state index contributed by atoms with van der Waals surface area (Å²) in [5.41, 5.74) is 1.36. The minimum Gasteiger partial charge on any atom is -0.381 e. The molecule has 0 atom stereocenters. The predicted octanol–water partition coefficient (Wildman–Crippen LogP) is 4.20. The Labute approximate surface area is 107 Å². The van der Waals surface area contributed by atoms with Crippen LogP contribution in [0.1, 0.15) is 31.2 Å². The monoisotopic (exact) mass is 284 g/mol. The van der Waals surface area contributed by atoms with Gasteiger partial charge >= 0.3 is 0 Å². The maximum Gasteiger partial charge on any atom is 0.0506 e. The third-order valence-corrected chi connectivity index (χ3v) is 3.11. The van der Waals surface area contributed by atoms with Crippen molar-refractivity contribution in [2.24, 2.45) is 0 Å². The first kappa shape index (κ1) is 13.7. The summed E-state index contributed by atoms with van der Waals surface area (Å²) in [6, 6.07) is 10.5. The van der Waals surface area contributed by atoms with Crippen LogP contribution in [-0.2, 0) is 11.2 Å². The molecule has 90 valence electrons. The van der Waals surface area contributed by atoms with E-state index in [0.29, 0.717) is 0 Å². The molecule has 0 heterocycles. The van der Waals surface area contributed by atoms with E-state index in [0.717, 1.165) is 25.0 Å². The quantitative estimate of drug-likeness (QED) is 0.488. The molecular weight excluding hydrogens is 264 g/mol. The van der Waals surface area contributed by atoms with Gasteiger partial charge < -0.3 is 4.74 Å². The van der Waals surface area contributed by atoms with Crippen molar-refractivity contribution in [3.8, 4) is 0 Å². The number of rotatable bonds is 9. The fourth-order valence-corrected chi connectivity index (χ4v) is 1.99. The minimum atomic E-state index is 0.850. The largest absolute Gasteiger partial charge is 0.381 e. The van der Waals surface area contributed by atoms with Gasteiger partial charge in [-0.3, -0.25) is 0 Å². The highest BCUT2D eigenvalue weighted by Crippen LogP contribution is 2.03. The van der Waals surface area contributed by atoms with E-state index in [1.165, 1.54) is 31.2 Å². The molecule has 1 aromatic carbocycles. The lowest BCUT2D eigenvalue weighted by molar-refractivity contribution is 0.133. The molecule has 0 aromatic heterocycles. The molecule has 0 aliphatic heterocycles. The highest BCUT2D eigenvalue weighted by molar-refractivity contribution is 9.09. The van der Waals surface area contributed by atoms with Gasteiger partial charge in [-0.15, -0.1) is 0 Å². The van der Waals surface area contributed by atoms with Crippen LogP contribution in [0.3, 0.4) is 0 Å². The molecule has 0 fully saturated rings. The summed E-state index contributed by atoms with van der Waals surface area (Å²) in [5, 5.41) is 1.13. The van der Waals surface area contributed by atoms with Gasteiger partial charge in [-0.25, -0.2) is 0 Å². The van der Waals surface area contributed by atoms with Crippen molar-refractivity contribution in [2.45, 2.75) is 32.1 Å². The van der Waals surface area contributed by atoms with Gasteiger partial charge in [0.1, 0.15) is 0 Å². The van der Waals surface area contributed by atoms with Crippen molar-refractivity contribution in [3.05, 3.63) is 35.9 Å². The van der Waals surface area contributed by atoms with E-state index in [4.69, 9.17) is 4.74 Å². The van der Waals surface area contributed by atoms with E-state index < -0.39 is 0 Å². The van der Waals surface area contributed by atoms with Crippen molar-refractivity contribution >= 4 is 15.9 Å². The van der Waals surface area contributed by atoms with Crippen LogP contribution in [-0.4, -0.2) is 18.5 Å². The van der Waals surface area contributed by atoms with Gasteiger partial charge in [-0.05, 0) is 24.8 Å². The number of alkyl halides is 1. The molecule has 1 nitrogen and oxygen atoms in total. The Morgan fingerprint density at radius 1 is 0.875 bits per heavy atom. The second-order valence-corrected chi connectivity index (χ2v) is 4.74. The van der Waals surface area contributed by atoms with E-state index in [-0.39, 0.29) is 0 Å². The molecule has 0 aliphatic rings. The fraction of sp³-hybridized carbons (Fsp3) is 0.571. The Hall–Kier alpha value is -0.340. The third-order valence-electron chi connectivity index (χ3n) is 2.55. The Bertz CT molecular complexity index is 248. The van der Waals surface area contributed by atoms with Gasteiger partial charge in [-0.2, -0.15) is 0 Å². The predicted molar refractivity (Wildman–Crippen MR) is 73.2 cm³/mol. The maximum absolute atomic E-state index is 5.61. The Morgan fingerprint density at radius 2 is 1.62 bits per heavy atom. The molecule has 0 aliphatic carbocycles. The average Bonchev–Trinajstić information content (AvgIpc) is 2.34. The first-order chi connectivity index (χ1) is 7.93. The Kier molecular flexibility index (Phi) is 8.45. The second-order valence-electron chi connectivity index (χ2n) is 3.95. The van der Waals surface area contributed by atoms with Crippen LogP contribution in [0.25, 0.3) is 0 Å². The molecule has 0 saturated carbocycles. The molecule has 0 N–H and O–H groups in total. The molecule has 0 unspecified atom stereocenters. The van der Waals surface area contributed by atoms with Gasteiger partial charge in [0, 0.05) is 11.9 Å². The summed E-state index contributed by atoms with van der Waals surface area (Å²) < 4.78 is 5.61. The first-order valence-corrected chi connectivity index (χ1v) is 7.23. The van der Waals surface area contributed by atoms with Gasteiger partial charge in [0.2, 0.25) is 0 Å². The number of benzene rings is 1. The van der Waals surface area contributed by atoms with E-state index in [1.54, 1.807) is 0 Å². The van der Waals surface area contributed by atoms with Crippen molar-refractivity contribution in [1.29, 1.82) is 0 Å². The molecule has 0 amide bonds. The lowest BCUT2D eigenvalue weighted by Crippen LogP contribution is -2.00. The molecule has 1 rings (SSSR count). The normalized spacial score (nSPS) is 10.6. The van der Waals surface area contributed by atoms with Crippen LogP contribution >= 0.6 is 15.9 Å². The van der Waals surface area contributed by atoms with Crippen LogP contribution in [0, 0.1) is 0 Å². The molecule has 0 bridgehead atoms. The first-order valence-electron chi connectivity index (χ1n) is 6.11. The average molecular weight is 285 g/mol. The lowest BCUT2D eigenvalue weighted by atomic mass is 10.2. The van der Waals surface area contributed by atoms with Crippen LogP contribution in [0.5, 0.6) is 0 Å². The number of ether oxygens (including phenoxy) is 1. The molecule has 16 heavy (non-hydrogen) atoms. The van der Waals surface area contributed by atoms with E-state index in [1.807, 2.05) is 6.07 Å². The van der Waals surface area contributed by atoms with E-state index in [2.05, 4.69) is 40.2 Å². The van der Waals surface area contributed by atoms with E-state index in [9.17, 15) is 0 Å². The standard InChI is InChI=1S/C14H21BrO/c15-11-6-1-2-7-12-16-13-10-14-8-4-3-5-9-14/h3-5,8-9H,1-2,6-7,10-13H2. The summed E-state index contributed by atoms with van der Waals surface area (Å²) in [6.45, 7) is 1.76. The smallest absolute Gasteiger partial charge is 0.0506 e. The van der Waals surface area contributed by atoms with Gasteiger partial charge in [0.05, 0.1) is 6.61 Å². The highest BCUT2D eigenvalue weighted by atomic mass is 79.9. The van der Waals surface area contributed by atoms with Crippen LogP contribution in [0.2, 0.25) is 0 Å². The number of halogens is 1. The molecule has 0 saturated heterocycles. The lowest BCUT2D eigenvalue weighted by Gasteiger charge is -2.04. The number of hydrogen-bond donors (Lipinski definition) is 0. The maximum atomic E-state index is 5.61. The summed E-state index contributed by atoms with van der Waals surface area (Å²) in [4.78, 5) is 0. The van der Waals surface area contributed by atoms with Crippen molar-refractivity contribution in [1.82, 2.24) is 0 Å². The van der Waals surface area contributed by atoms with Crippen LogP contribution in [0.4, 0.5) is 0 Å². The van der Waals surface area contributed by atoms with Gasteiger partial charge in [0.25, 0.3) is 0 Å². The van der Waals surface area contributed by atoms with Crippen LogP contribution < -0.4 is 0 Å². The zero-order valence-electron chi connectivity index (χ0n) is 9.83. The fourth-order valence-electron chi connectivity index (χ4n) is 1.59. The zero-order valence-corrected chi connectivity index (χ0v) is 11.4. The Morgan fingerprint density at radius 3 is 2.38 bits per heavy atom. The minimum absolute atomic E-state index is 0.850. The summed E-state index contributed by atoms with van der Waals surface area (Å²) in [7, 11) is 0. The summed E-state index contributed by atoms with van der Waals surface area (Å²) >= 11 is 3.44. The zero-order chi connectivity index (χ0) is 11.5. The van der Waals surface area contributed by atoms with Crippen LogP contribution in [0.15, 0.2) is 30.3 Å². The number of hydrogen-bond acceptors (Lipinski definition) is 1. The molecule has 0 spiro atoms. The summed E-state index contributed by atoms with van der Waals surface area (Å²) in [5.74, 6) is 0. The SMILES string of the molecule is BrCCCCCCOCCc1ccccc1. The summed E-state index contributed by atoms with van der Waals surface area (Å²) in [6.07, 6.45) is 6.11. The van der Waals surface area contributed by atoms with Crippen molar-refractivity contribution < 1.29 is 4.74 Å². The third kappa shape index (κ3) is 7.02. The molecule has 0 radical (unpaired) electrons. The molecule has 2 heteroatoms. The van der Waals surface area contributed by atoms with E-state index >= 15 is 0 Å². The Balaban J connectivity index is 1.89. The second kappa shape index (κ2) is 9.86. The number of unbranched alkanes of at least 4 members (excludes halogenated alkanes) is 3.